The van der Waals surface area contributed by atoms with E-state index in [-0.39, 0.29) is 11.7 Å². The van der Waals surface area contributed by atoms with Crippen LogP contribution in [0, 0.1) is 17.7 Å². The number of carbonyl (C=O) groups excluding carboxylic acids is 1. The van der Waals surface area contributed by atoms with Crippen LogP contribution >= 0.6 is 0 Å². The number of nitrogens with zero attached hydrogens (tertiary/aromatic N) is 3. The van der Waals surface area contributed by atoms with Gasteiger partial charge in [0.1, 0.15) is 11.6 Å². The van der Waals surface area contributed by atoms with Crippen molar-refractivity contribution < 1.29 is 9.18 Å². The van der Waals surface area contributed by atoms with Crippen molar-refractivity contribution in [3.05, 3.63) is 72.0 Å². The summed E-state index contributed by atoms with van der Waals surface area (Å²) in [5.41, 5.74) is 3.70. The number of rotatable bonds is 6. The van der Waals surface area contributed by atoms with Crippen LogP contribution in [0.25, 0.3) is 11.3 Å². The number of halogens is 1. The zero-order chi connectivity index (χ0) is 22.8. The molecule has 0 bridgehead atoms. The number of hydrogen-bond donors (Lipinski definition) is 2. The molecule has 33 heavy (non-hydrogen) atoms. The Labute approximate surface area is 193 Å². The van der Waals surface area contributed by atoms with Gasteiger partial charge in [0.15, 0.2) is 0 Å². The third kappa shape index (κ3) is 5.20. The first kappa shape index (κ1) is 21.5. The molecule has 3 aromatic rings. The third-order valence-electron chi connectivity index (χ3n) is 6.66. The van der Waals surface area contributed by atoms with Crippen molar-refractivity contribution in [3.63, 3.8) is 0 Å². The minimum absolute atomic E-state index is 0.0883. The molecule has 7 heteroatoms. The van der Waals surface area contributed by atoms with E-state index in [2.05, 4.69) is 25.7 Å². The Kier molecular flexibility index (Phi) is 6.05. The van der Waals surface area contributed by atoms with Crippen LogP contribution in [-0.2, 0) is 11.3 Å². The highest BCUT2D eigenvalue weighted by molar-refractivity contribution is 5.88. The molecule has 1 aliphatic carbocycles. The van der Waals surface area contributed by atoms with Crippen molar-refractivity contribution in [1.29, 1.82) is 0 Å². The molecule has 3 atom stereocenters. The first-order valence-electron chi connectivity index (χ1n) is 11.5. The zero-order valence-electron chi connectivity index (χ0n) is 18.7. The Morgan fingerprint density at radius 2 is 1.67 bits per heavy atom. The molecule has 170 valence electrons. The Balaban J connectivity index is 1.13. The number of aromatic nitrogens is 2. The van der Waals surface area contributed by atoms with Gasteiger partial charge in [-0.2, -0.15) is 0 Å². The van der Waals surface area contributed by atoms with E-state index in [1.54, 1.807) is 12.1 Å². The zero-order valence-corrected chi connectivity index (χ0v) is 18.7. The number of amides is 1. The lowest BCUT2D eigenvalue weighted by molar-refractivity contribution is -0.114. The summed E-state index contributed by atoms with van der Waals surface area (Å²) in [6.45, 7) is 4.58. The minimum Gasteiger partial charge on any atom is -0.366 e. The Bertz CT molecular complexity index is 1090. The highest BCUT2D eigenvalue weighted by Crippen LogP contribution is 2.39. The molecule has 0 spiro atoms. The molecular formula is C26H28FN5O. The van der Waals surface area contributed by atoms with Crippen LogP contribution in [0.2, 0.25) is 0 Å². The van der Waals surface area contributed by atoms with Gasteiger partial charge in [-0.15, -0.1) is 10.2 Å². The Hall–Kier alpha value is -3.32. The summed E-state index contributed by atoms with van der Waals surface area (Å²) < 4.78 is 13.1. The normalized spacial score (nSPS) is 22.2. The molecular weight excluding hydrogens is 417 g/mol. The summed E-state index contributed by atoms with van der Waals surface area (Å²) in [5.74, 6) is 1.92. The predicted octanol–water partition coefficient (Wildman–Crippen LogP) is 4.56. The number of likely N-dealkylation sites (tertiary alicyclic amines) is 1. The van der Waals surface area contributed by atoms with Gasteiger partial charge in [-0.05, 0) is 66.6 Å². The van der Waals surface area contributed by atoms with Crippen LogP contribution in [0.15, 0.2) is 60.7 Å². The number of anilines is 2. The fraction of sp³-hybridized carbons (Fsp3) is 0.346. The number of benzene rings is 2. The Morgan fingerprint density at radius 1 is 0.970 bits per heavy atom. The second-order valence-corrected chi connectivity index (χ2v) is 9.22. The highest BCUT2D eigenvalue weighted by atomic mass is 19.1. The van der Waals surface area contributed by atoms with Gasteiger partial charge in [0, 0.05) is 43.9 Å². The maximum absolute atomic E-state index is 13.1. The maximum atomic E-state index is 13.1. The van der Waals surface area contributed by atoms with Gasteiger partial charge < -0.3 is 10.6 Å². The standard InChI is InChI=1S/C26H28FN5O/c1-17(33)28-23-8-4-19(5-9-23)25-10-11-26(31-30-25)29-24-12-20-15-32(16-21(20)13-24)14-18-2-6-22(27)7-3-18/h2-11,20-21,24H,12-16H2,1H3,(H,28,33)(H,29,31)/t20-,21+,24?. The van der Waals surface area contributed by atoms with E-state index in [4.69, 9.17) is 0 Å². The second-order valence-electron chi connectivity index (χ2n) is 9.22. The average Bonchev–Trinajstić information content (AvgIpc) is 3.34. The van der Waals surface area contributed by atoms with Gasteiger partial charge in [-0.25, -0.2) is 4.39 Å². The van der Waals surface area contributed by atoms with Crippen molar-refractivity contribution >= 4 is 17.4 Å². The molecule has 2 heterocycles. The van der Waals surface area contributed by atoms with Crippen molar-refractivity contribution in [2.45, 2.75) is 32.4 Å². The van der Waals surface area contributed by atoms with Gasteiger partial charge in [0.05, 0.1) is 5.69 Å². The smallest absolute Gasteiger partial charge is 0.221 e. The van der Waals surface area contributed by atoms with Crippen LogP contribution in [-0.4, -0.2) is 40.1 Å². The van der Waals surface area contributed by atoms with E-state index in [0.29, 0.717) is 17.9 Å². The minimum atomic E-state index is -0.179. The molecule has 5 rings (SSSR count). The van der Waals surface area contributed by atoms with Crippen LogP contribution in [0.3, 0.4) is 0 Å². The average molecular weight is 446 g/mol. The van der Waals surface area contributed by atoms with Crippen molar-refractivity contribution in [3.8, 4) is 11.3 Å². The molecule has 1 aromatic heterocycles. The Morgan fingerprint density at radius 3 is 2.27 bits per heavy atom. The van der Waals surface area contributed by atoms with E-state index >= 15 is 0 Å². The molecule has 2 N–H and O–H groups in total. The summed E-state index contributed by atoms with van der Waals surface area (Å²) in [5, 5.41) is 15.1. The molecule has 1 unspecified atom stereocenters. The number of nitrogens with one attached hydrogen (secondary N) is 2. The summed E-state index contributed by atoms with van der Waals surface area (Å²) in [6, 6.07) is 18.8. The molecule has 1 saturated heterocycles. The fourth-order valence-corrected chi connectivity index (χ4v) is 5.19. The predicted molar refractivity (Wildman–Crippen MR) is 127 cm³/mol. The van der Waals surface area contributed by atoms with Crippen molar-refractivity contribution in [1.82, 2.24) is 15.1 Å². The molecule has 1 amide bonds. The fourth-order valence-electron chi connectivity index (χ4n) is 5.19. The molecule has 1 saturated carbocycles. The molecule has 2 aromatic carbocycles. The van der Waals surface area contributed by atoms with Gasteiger partial charge in [0.2, 0.25) is 5.91 Å². The quantitative estimate of drug-likeness (QED) is 0.582. The molecule has 2 fully saturated rings. The summed E-state index contributed by atoms with van der Waals surface area (Å²) >= 11 is 0. The van der Waals surface area contributed by atoms with E-state index in [9.17, 15) is 9.18 Å². The maximum Gasteiger partial charge on any atom is 0.221 e. The van der Waals surface area contributed by atoms with Gasteiger partial charge in [0.25, 0.3) is 0 Å². The van der Waals surface area contributed by atoms with E-state index in [1.807, 2.05) is 48.5 Å². The van der Waals surface area contributed by atoms with E-state index in [1.165, 1.54) is 12.5 Å². The van der Waals surface area contributed by atoms with Gasteiger partial charge in [-0.1, -0.05) is 24.3 Å². The van der Waals surface area contributed by atoms with Crippen molar-refractivity contribution in [2.24, 2.45) is 11.8 Å². The van der Waals surface area contributed by atoms with E-state index in [0.717, 1.165) is 55.2 Å². The van der Waals surface area contributed by atoms with E-state index < -0.39 is 0 Å². The molecule has 0 radical (unpaired) electrons. The van der Waals surface area contributed by atoms with Gasteiger partial charge in [-0.3, -0.25) is 9.69 Å². The first-order valence-corrected chi connectivity index (χ1v) is 11.5. The number of carbonyl (C=O) groups is 1. The number of fused-ring (bicyclic) bond motifs is 1. The number of hydrogen-bond acceptors (Lipinski definition) is 5. The third-order valence-corrected chi connectivity index (χ3v) is 6.66. The summed E-state index contributed by atoms with van der Waals surface area (Å²) in [4.78, 5) is 13.6. The van der Waals surface area contributed by atoms with Gasteiger partial charge >= 0.3 is 0 Å². The topological polar surface area (TPSA) is 70.2 Å². The summed E-state index contributed by atoms with van der Waals surface area (Å²) in [7, 11) is 0. The first-order chi connectivity index (χ1) is 16.0. The SMILES string of the molecule is CC(=O)Nc1ccc(-c2ccc(NC3C[C@@H]4CN(Cc5ccc(F)cc5)C[C@@H]4C3)nn2)cc1. The van der Waals surface area contributed by atoms with Crippen LogP contribution in [0.5, 0.6) is 0 Å². The highest BCUT2D eigenvalue weighted by Gasteiger charge is 2.40. The summed E-state index contributed by atoms with van der Waals surface area (Å²) in [6.07, 6.45) is 2.28. The molecule has 2 aliphatic rings. The molecule has 1 aliphatic heterocycles. The van der Waals surface area contributed by atoms with Crippen LogP contribution in [0.4, 0.5) is 15.9 Å². The lowest BCUT2D eigenvalue weighted by Crippen LogP contribution is -2.25. The lowest BCUT2D eigenvalue weighted by atomic mass is 10.0. The van der Waals surface area contributed by atoms with Crippen molar-refractivity contribution in [2.75, 3.05) is 23.7 Å². The lowest BCUT2D eigenvalue weighted by Gasteiger charge is -2.20. The largest absolute Gasteiger partial charge is 0.366 e. The van der Waals surface area contributed by atoms with Crippen LogP contribution in [0.1, 0.15) is 25.3 Å². The van der Waals surface area contributed by atoms with Crippen LogP contribution < -0.4 is 10.6 Å². The second kappa shape index (κ2) is 9.27. The molecule has 6 nitrogen and oxygen atoms in total. The monoisotopic (exact) mass is 445 g/mol.